The van der Waals surface area contributed by atoms with Gasteiger partial charge in [0.1, 0.15) is 0 Å². The third-order valence-electron chi connectivity index (χ3n) is 3.41. The van der Waals surface area contributed by atoms with Crippen LogP contribution in [-0.2, 0) is 0 Å². The fourth-order valence-electron chi connectivity index (χ4n) is 2.38. The van der Waals surface area contributed by atoms with E-state index < -0.39 is 0 Å². The van der Waals surface area contributed by atoms with Gasteiger partial charge in [0, 0.05) is 14.0 Å². The van der Waals surface area contributed by atoms with E-state index in [-0.39, 0.29) is 4.83 Å². The fourth-order valence-corrected chi connectivity index (χ4v) is 4.60. The second-order valence-electron chi connectivity index (χ2n) is 4.71. The molecule has 106 valence electrons. The molecule has 3 rings (SSSR count). The zero-order valence-electron chi connectivity index (χ0n) is 10.8. The molecular weight excluding hydrogens is 479 g/mol. The van der Waals surface area contributed by atoms with E-state index in [1.807, 2.05) is 18.2 Å². The molecule has 0 amide bonds. The summed E-state index contributed by atoms with van der Waals surface area (Å²) in [6.45, 7) is 0. The van der Waals surface area contributed by atoms with Crippen LogP contribution in [0.25, 0.3) is 10.8 Å². The Hall–Kier alpha value is -0.350. The second kappa shape index (κ2) is 6.41. The molecule has 21 heavy (non-hydrogen) atoms. The Bertz CT molecular complexity index is 814. The quantitative estimate of drug-likeness (QED) is 0.327. The summed E-state index contributed by atoms with van der Waals surface area (Å²) in [7, 11) is 0. The molecule has 0 N–H and O–H groups in total. The molecule has 0 aromatic heterocycles. The maximum Gasteiger partial charge on any atom is 0.0662 e. The predicted molar refractivity (Wildman–Crippen MR) is 102 cm³/mol. The average Bonchev–Trinajstić information content (AvgIpc) is 2.50. The Kier molecular flexibility index (Phi) is 4.75. The van der Waals surface area contributed by atoms with E-state index in [4.69, 9.17) is 11.6 Å². The van der Waals surface area contributed by atoms with Crippen LogP contribution in [0.15, 0.2) is 63.5 Å². The average molecular weight is 489 g/mol. The van der Waals surface area contributed by atoms with E-state index in [1.165, 1.54) is 16.3 Å². The fraction of sp³-hybridized carbons (Fsp3) is 0.0588. The van der Waals surface area contributed by atoms with Gasteiger partial charge in [0.15, 0.2) is 0 Å². The monoisotopic (exact) mass is 486 g/mol. The van der Waals surface area contributed by atoms with Gasteiger partial charge in [0.2, 0.25) is 0 Å². The number of fused-ring (bicyclic) bond motifs is 1. The van der Waals surface area contributed by atoms with Crippen LogP contribution in [0, 0.1) is 0 Å². The van der Waals surface area contributed by atoms with E-state index in [0.717, 1.165) is 19.5 Å². The van der Waals surface area contributed by atoms with Gasteiger partial charge in [-0.05, 0) is 46.2 Å². The Morgan fingerprint density at radius 3 is 2.19 bits per heavy atom. The van der Waals surface area contributed by atoms with Crippen LogP contribution in [-0.4, -0.2) is 0 Å². The minimum Gasteiger partial charge on any atom is -0.0843 e. The van der Waals surface area contributed by atoms with Crippen molar-refractivity contribution in [3.05, 3.63) is 79.7 Å². The third-order valence-corrected chi connectivity index (χ3v) is 6.04. The van der Waals surface area contributed by atoms with Gasteiger partial charge in [-0.25, -0.2) is 0 Å². The van der Waals surface area contributed by atoms with Gasteiger partial charge in [-0.2, -0.15) is 0 Å². The van der Waals surface area contributed by atoms with Gasteiger partial charge in [0.05, 0.1) is 4.83 Å². The summed E-state index contributed by atoms with van der Waals surface area (Å²) in [5.74, 6) is 0. The van der Waals surface area contributed by atoms with Crippen LogP contribution in [0.4, 0.5) is 0 Å². The Morgan fingerprint density at radius 2 is 1.43 bits per heavy atom. The van der Waals surface area contributed by atoms with Crippen LogP contribution in [0.5, 0.6) is 0 Å². The lowest BCUT2D eigenvalue weighted by atomic mass is 9.98. The summed E-state index contributed by atoms with van der Waals surface area (Å²) in [5.41, 5.74) is 2.34. The number of alkyl halides is 1. The molecular formula is C17H10Br3Cl. The molecule has 0 heterocycles. The molecule has 1 unspecified atom stereocenters. The summed E-state index contributed by atoms with van der Waals surface area (Å²) >= 11 is 17.2. The first-order chi connectivity index (χ1) is 10.1. The smallest absolute Gasteiger partial charge is 0.0662 e. The molecule has 0 saturated heterocycles. The second-order valence-corrected chi connectivity index (χ2v) is 7.77. The molecule has 3 aromatic rings. The number of hydrogen-bond acceptors (Lipinski definition) is 0. The zero-order chi connectivity index (χ0) is 15.0. The normalized spacial score (nSPS) is 12.6. The predicted octanol–water partition coefficient (Wildman–Crippen LogP) is 7.50. The highest BCUT2D eigenvalue weighted by molar-refractivity contribution is 9.11. The molecule has 3 aromatic carbocycles. The lowest BCUT2D eigenvalue weighted by Gasteiger charge is -2.16. The lowest BCUT2D eigenvalue weighted by molar-refractivity contribution is 1.18. The van der Waals surface area contributed by atoms with Crippen LogP contribution >= 0.6 is 59.4 Å². The molecule has 0 aliphatic heterocycles. The topological polar surface area (TPSA) is 0 Å². The molecule has 1 atom stereocenters. The molecule has 0 radical (unpaired) electrons. The van der Waals surface area contributed by atoms with E-state index in [2.05, 4.69) is 84.2 Å². The minimum absolute atomic E-state index is 0.0728. The number of benzene rings is 3. The summed E-state index contributed by atoms with van der Waals surface area (Å²) in [4.78, 5) is 0.0728. The number of rotatable bonds is 2. The summed E-state index contributed by atoms with van der Waals surface area (Å²) < 4.78 is 2.15. The molecule has 0 bridgehead atoms. The third kappa shape index (κ3) is 3.07. The van der Waals surface area contributed by atoms with Crippen LogP contribution in [0.2, 0.25) is 5.02 Å². The van der Waals surface area contributed by atoms with Crippen molar-refractivity contribution < 1.29 is 0 Å². The summed E-state index contributed by atoms with van der Waals surface area (Å²) in [5, 5.41) is 3.16. The molecule has 0 aliphatic carbocycles. The SMILES string of the molecule is Clc1ccc(Br)c(C(Br)c2ccc(Br)c3ccccc23)c1. The van der Waals surface area contributed by atoms with Crippen molar-refractivity contribution in [2.24, 2.45) is 0 Å². The van der Waals surface area contributed by atoms with Gasteiger partial charge < -0.3 is 0 Å². The molecule has 0 saturated carbocycles. The van der Waals surface area contributed by atoms with Crippen molar-refractivity contribution in [3.8, 4) is 0 Å². The van der Waals surface area contributed by atoms with Crippen molar-refractivity contribution in [1.82, 2.24) is 0 Å². The molecule has 0 spiro atoms. The zero-order valence-corrected chi connectivity index (χ0v) is 16.3. The van der Waals surface area contributed by atoms with E-state index in [9.17, 15) is 0 Å². The highest BCUT2D eigenvalue weighted by Gasteiger charge is 2.17. The standard InChI is InChI=1S/C17H10Br3Cl/c18-15-8-6-13(11-3-1-2-4-12(11)15)17(20)14-9-10(21)5-7-16(14)19/h1-9,17H. The van der Waals surface area contributed by atoms with Gasteiger partial charge in [-0.3, -0.25) is 0 Å². The number of hydrogen-bond donors (Lipinski definition) is 0. The van der Waals surface area contributed by atoms with Crippen LogP contribution in [0.1, 0.15) is 16.0 Å². The van der Waals surface area contributed by atoms with Gasteiger partial charge in [0.25, 0.3) is 0 Å². The lowest BCUT2D eigenvalue weighted by Crippen LogP contribution is -1.96. The van der Waals surface area contributed by atoms with Gasteiger partial charge in [-0.15, -0.1) is 0 Å². The number of halogens is 4. The molecule has 0 nitrogen and oxygen atoms in total. The van der Waals surface area contributed by atoms with E-state index in [1.54, 1.807) is 0 Å². The van der Waals surface area contributed by atoms with Crippen molar-refractivity contribution >= 4 is 70.2 Å². The minimum atomic E-state index is 0.0728. The largest absolute Gasteiger partial charge is 0.0843 e. The summed E-state index contributed by atoms with van der Waals surface area (Å²) in [6.07, 6.45) is 0. The van der Waals surface area contributed by atoms with Crippen molar-refractivity contribution in [1.29, 1.82) is 0 Å². The van der Waals surface area contributed by atoms with Gasteiger partial charge in [-0.1, -0.05) is 89.7 Å². The van der Waals surface area contributed by atoms with Crippen molar-refractivity contribution in [2.75, 3.05) is 0 Å². The highest BCUT2D eigenvalue weighted by atomic mass is 79.9. The first-order valence-corrected chi connectivity index (χ1v) is 9.22. The van der Waals surface area contributed by atoms with Gasteiger partial charge >= 0.3 is 0 Å². The van der Waals surface area contributed by atoms with Crippen LogP contribution in [0.3, 0.4) is 0 Å². The Balaban J connectivity index is 2.20. The van der Waals surface area contributed by atoms with Crippen molar-refractivity contribution in [2.45, 2.75) is 4.83 Å². The molecule has 0 aliphatic rings. The highest BCUT2D eigenvalue weighted by Crippen LogP contribution is 2.40. The Labute approximate surface area is 153 Å². The van der Waals surface area contributed by atoms with Crippen molar-refractivity contribution in [3.63, 3.8) is 0 Å². The van der Waals surface area contributed by atoms with E-state index in [0.29, 0.717) is 0 Å². The summed E-state index contributed by atoms with van der Waals surface area (Å²) in [6, 6.07) is 18.4. The molecule has 4 heteroatoms. The maximum atomic E-state index is 6.14. The first-order valence-electron chi connectivity index (χ1n) is 6.34. The van der Waals surface area contributed by atoms with E-state index >= 15 is 0 Å². The molecule has 0 fully saturated rings. The van der Waals surface area contributed by atoms with Crippen LogP contribution < -0.4 is 0 Å². The Morgan fingerprint density at radius 1 is 0.762 bits per heavy atom. The maximum absolute atomic E-state index is 6.14. The first kappa shape index (κ1) is 15.5.